The molecule has 0 heterocycles. The Bertz CT molecular complexity index is 598. The SMILES string of the molecule is C=C1CC[C@H](O)C/C1=C/CC1CCCC2(C)C1CCC2[C@H](C)CCCC(C)(C)O. The molecule has 6 atom stereocenters. The van der Waals surface area contributed by atoms with Gasteiger partial charge in [-0.15, -0.1) is 0 Å². The van der Waals surface area contributed by atoms with Gasteiger partial charge in [-0.05, 0) is 106 Å². The van der Waals surface area contributed by atoms with Crippen molar-refractivity contribution in [1.29, 1.82) is 0 Å². The van der Waals surface area contributed by atoms with Crippen molar-refractivity contribution < 1.29 is 10.2 Å². The maximum absolute atomic E-state index is 10.0. The molecular formula is C27H46O2. The van der Waals surface area contributed by atoms with E-state index in [1.165, 1.54) is 56.1 Å². The first kappa shape index (κ1) is 23.1. The van der Waals surface area contributed by atoms with E-state index < -0.39 is 5.60 Å². The third kappa shape index (κ3) is 5.56. The molecular weight excluding hydrogens is 356 g/mol. The lowest BCUT2D eigenvalue weighted by molar-refractivity contribution is 0.0260. The first-order valence-electron chi connectivity index (χ1n) is 12.4. The minimum absolute atomic E-state index is 0.163. The Morgan fingerprint density at radius 1 is 1.24 bits per heavy atom. The van der Waals surface area contributed by atoms with E-state index in [-0.39, 0.29) is 6.10 Å². The Hall–Kier alpha value is -0.600. The van der Waals surface area contributed by atoms with Gasteiger partial charge in [0.2, 0.25) is 0 Å². The smallest absolute Gasteiger partial charge is 0.0591 e. The van der Waals surface area contributed by atoms with Crippen molar-refractivity contribution in [2.75, 3.05) is 0 Å². The summed E-state index contributed by atoms with van der Waals surface area (Å²) in [5.74, 6) is 3.27. The van der Waals surface area contributed by atoms with Crippen LogP contribution in [0.3, 0.4) is 0 Å². The zero-order valence-corrected chi connectivity index (χ0v) is 19.6. The number of fused-ring (bicyclic) bond motifs is 1. The number of aliphatic hydroxyl groups is 2. The zero-order valence-electron chi connectivity index (χ0n) is 19.6. The summed E-state index contributed by atoms with van der Waals surface area (Å²) >= 11 is 0. The van der Waals surface area contributed by atoms with E-state index in [1.54, 1.807) is 0 Å². The topological polar surface area (TPSA) is 40.5 Å². The summed E-state index contributed by atoms with van der Waals surface area (Å²) in [5.41, 5.74) is 2.57. The van der Waals surface area contributed by atoms with Crippen LogP contribution in [-0.4, -0.2) is 21.9 Å². The second kappa shape index (κ2) is 9.27. The van der Waals surface area contributed by atoms with Crippen LogP contribution in [-0.2, 0) is 0 Å². The quantitative estimate of drug-likeness (QED) is 0.491. The summed E-state index contributed by atoms with van der Waals surface area (Å²) in [5, 5.41) is 20.1. The van der Waals surface area contributed by atoms with Gasteiger partial charge in [-0.2, -0.15) is 0 Å². The van der Waals surface area contributed by atoms with Gasteiger partial charge < -0.3 is 10.2 Å². The molecule has 3 fully saturated rings. The summed E-state index contributed by atoms with van der Waals surface area (Å²) < 4.78 is 0. The Balaban J connectivity index is 1.61. The molecule has 0 aliphatic heterocycles. The Morgan fingerprint density at radius 3 is 2.72 bits per heavy atom. The molecule has 0 aromatic rings. The summed E-state index contributed by atoms with van der Waals surface area (Å²) in [4.78, 5) is 0. The lowest BCUT2D eigenvalue weighted by Crippen LogP contribution is -2.39. The van der Waals surface area contributed by atoms with Gasteiger partial charge in [-0.1, -0.05) is 51.3 Å². The maximum Gasteiger partial charge on any atom is 0.0591 e. The molecule has 3 aliphatic carbocycles. The van der Waals surface area contributed by atoms with Gasteiger partial charge in [0.1, 0.15) is 0 Å². The number of aliphatic hydroxyl groups excluding tert-OH is 1. The molecule has 29 heavy (non-hydrogen) atoms. The van der Waals surface area contributed by atoms with Crippen molar-refractivity contribution in [3.05, 3.63) is 23.8 Å². The van der Waals surface area contributed by atoms with Crippen LogP contribution in [0.5, 0.6) is 0 Å². The van der Waals surface area contributed by atoms with Gasteiger partial charge in [0.15, 0.2) is 0 Å². The Labute approximate surface area is 179 Å². The Kier molecular flexibility index (Phi) is 7.37. The summed E-state index contributed by atoms with van der Waals surface area (Å²) in [7, 11) is 0. The molecule has 0 amide bonds. The van der Waals surface area contributed by atoms with Gasteiger partial charge in [-0.3, -0.25) is 0 Å². The molecule has 0 aromatic heterocycles. The van der Waals surface area contributed by atoms with Gasteiger partial charge in [0.25, 0.3) is 0 Å². The first-order chi connectivity index (χ1) is 13.6. The van der Waals surface area contributed by atoms with Crippen LogP contribution < -0.4 is 0 Å². The molecule has 0 saturated heterocycles. The standard InChI is InChI=1S/C27H46O2/c1-19-10-13-23(28)18-22(19)12-11-21-9-7-17-27(5)24(14-15-25(21)27)20(2)8-6-16-26(3,4)29/h12,20-21,23-25,28-29H,1,6-11,13-18H2,2-5H3/b22-12-/t20-,21?,23+,24?,25?,27?/m1/s1. The van der Waals surface area contributed by atoms with Crippen LogP contribution in [0.15, 0.2) is 23.8 Å². The average Bonchev–Trinajstić information content (AvgIpc) is 2.99. The summed E-state index contributed by atoms with van der Waals surface area (Å²) in [6.07, 6.45) is 16.4. The minimum Gasteiger partial charge on any atom is -0.393 e. The fraction of sp³-hybridized carbons (Fsp3) is 0.852. The number of allylic oxidation sites excluding steroid dienone is 2. The molecule has 0 radical (unpaired) electrons. The predicted molar refractivity (Wildman–Crippen MR) is 123 cm³/mol. The molecule has 3 rings (SSSR count). The maximum atomic E-state index is 10.0. The Morgan fingerprint density at radius 2 is 2.00 bits per heavy atom. The van der Waals surface area contributed by atoms with Crippen molar-refractivity contribution in [1.82, 2.24) is 0 Å². The predicted octanol–water partition coefficient (Wildman–Crippen LogP) is 6.81. The van der Waals surface area contributed by atoms with Gasteiger partial charge >= 0.3 is 0 Å². The number of rotatable bonds is 7. The van der Waals surface area contributed by atoms with Crippen molar-refractivity contribution in [3.63, 3.8) is 0 Å². The van der Waals surface area contributed by atoms with Crippen LogP contribution in [0, 0.1) is 29.1 Å². The average molecular weight is 403 g/mol. The highest BCUT2D eigenvalue weighted by Gasteiger charge is 2.51. The molecule has 0 bridgehead atoms. The van der Waals surface area contributed by atoms with Crippen LogP contribution in [0.2, 0.25) is 0 Å². The second-order valence-electron chi connectivity index (χ2n) is 11.6. The lowest BCUT2D eigenvalue weighted by atomic mass is 9.58. The van der Waals surface area contributed by atoms with E-state index >= 15 is 0 Å². The molecule has 2 heteroatoms. The molecule has 0 aromatic carbocycles. The third-order valence-corrected chi connectivity index (χ3v) is 8.83. The molecule has 2 N–H and O–H groups in total. The summed E-state index contributed by atoms with van der Waals surface area (Å²) in [6, 6.07) is 0. The van der Waals surface area contributed by atoms with E-state index in [1.807, 2.05) is 13.8 Å². The van der Waals surface area contributed by atoms with Crippen molar-refractivity contribution >= 4 is 0 Å². The van der Waals surface area contributed by atoms with Crippen molar-refractivity contribution in [2.24, 2.45) is 29.1 Å². The van der Waals surface area contributed by atoms with E-state index in [4.69, 9.17) is 0 Å². The number of hydrogen-bond acceptors (Lipinski definition) is 2. The van der Waals surface area contributed by atoms with Gasteiger partial charge in [0.05, 0.1) is 11.7 Å². The van der Waals surface area contributed by atoms with Crippen molar-refractivity contribution in [2.45, 2.75) is 116 Å². The van der Waals surface area contributed by atoms with Crippen LogP contribution >= 0.6 is 0 Å². The first-order valence-corrected chi connectivity index (χ1v) is 12.4. The third-order valence-electron chi connectivity index (χ3n) is 8.83. The highest BCUT2D eigenvalue weighted by atomic mass is 16.3. The minimum atomic E-state index is -0.526. The van der Waals surface area contributed by atoms with Gasteiger partial charge in [-0.25, -0.2) is 0 Å². The van der Waals surface area contributed by atoms with Crippen LogP contribution in [0.4, 0.5) is 0 Å². The number of hydrogen-bond donors (Lipinski definition) is 2. The molecule has 4 unspecified atom stereocenters. The molecule has 3 aliphatic rings. The molecule has 0 spiro atoms. The zero-order chi connectivity index (χ0) is 21.2. The lowest BCUT2D eigenvalue weighted by Gasteiger charge is -2.47. The summed E-state index contributed by atoms with van der Waals surface area (Å²) in [6.45, 7) is 13.2. The van der Waals surface area contributed by atoms with E-state index in [0.717, 1.165) is 55.8 Å². The highest BCUT2D eigenvalue weighted by Crippen LogP contribution is 2.60. The van der Waals surface area contributed by atoms with Crippen LogP contribution in [0.25, 0.3) is 0 Å². The van der Waals surface area contributed by atoms with E-state index in [0.29, 0.717) is 5.41 Å². The fourth-order valence-corrected chi connectivity index (χ4v) is 7.18. The molecule has 166 valence electrons. The second-order valence-corrected chi connectivity index (χ2v) is 11.6. The fourth-order valence-electron chi connectivity index (χ4n) is 7.18. The van der Waals surface area contributed by atoms with Crippen molar-refractivity contribution in [3.8, 4) is 0 Å². The largest absolute Gasteiger partial charge is 0.393 e. The van der Waals surface area contributed by atoms with E-state index in [9.17, 15) is 10.2 Å². The molecule has 2 nitrogen and oxygen atoms in total. The normalized spacial score (nSPS) is 38.3. The van der Waals surface area contributed by atoms with Crippen LogP contribution in [0.1, 0.15) is 105 Å². The van der Waals surface area contributed by atoms with Gasteiger partial charge in [0, 0.05) is 0 Å². The monoisotopic (exact) mass is 402 g/mol. The van der Waals surface area contributed by atoms with E-state index in [2.05, 4.69) is 26.5 Å². The highest BCUT2D eigenvalue weighted by molar-refractivity contribution is 5.31. The molecule has 3 saturated carbocycles.